The summed E-state index contributed by atoms with van der Waals surface area (Å²) >= 11 is 0. The van der Waals surface area contributed by atoms with E-state index in [4.69, 9.17) is 15.6 Å². The maximum atomic E-state index is 11.8. The smallest absolute Gasteiger partial charge is 0.475 e. The van der Waals surface area contributed by atoms with Crippen molar-refractivity contribution in [2.24, 2.45) is 5.73 Å². The van der Waals surface area contributed by atoms with Crippen LogP contribution in [0.15, 0.2) is 18.2 Å². The van der Waals surface area contributed by atoms with Crippen LogP contribution in [0.25, 0.3) is 0 Å². The van der Waals surface area contributed by atoms with E-state index in [-0.39, 0.29) is 5.91 Å². The van der Waals surface area contributed by atoms with Crippen molar-refractivity contribution in [1.82, 2.24) is 4.90 Å². The fourth-order valence-corrected chi connectivity index (χ4v) is 3.39. The van der Waals surface area contributed by atoms with Crippen LogP contribution in [0.5, 0.6) is 0 Å². The van der Waals surface area contributed by atoms with Crippen LogP contribution in [-0.4, -0.2) is 74.4 Å². The predicted octanol–water partition coefficient (Wildman–Crippen LogP) is 2.16. The van der Waals surface area contributed by atoms with Gasteiger partial charge in [-0.15, -0.1) is 0 Å². The number of rotatable bonds is 3. The molecule has 0 saturated carbocycles. The van der Waals surface area contributed by atoms with E-state index in [1.165, 1.54) is 24.9 Å². The van der Waals surface area contributed by atoms with Gasteiger partial charge in [-0.25, -0.2) is 4.79 Å². The number of piperidine rings is 1. The summed E-state index contributed by atoms with van der Waals surface area (Å²) in [6.07, 6.45) is -1.42. The average molecular weight is 416 g/mol. The normalized spacial score (nSPS) is 18.1. The van der Waals surface area contributed by atoms with Crippen LogP contribution in [0.4, 0.5) is 24.5 Å². The summed E-state index contributed by atoms with van der Waals surface area (Å²) in [6.45, 7) is 6.27. The first kappa shape index (κ1) is 22.8. The molecule has 0 unspecified atom stereocenters. The Labute approximate surface area is 167 Å². The molecule has 0 radical (unpaired) electrons. The molecule has 1 aromatic rings. The zero-order valence-corrected chi connectivity index (χ0v) is 16.4. The Morgan fingerprint density at radius 1 is 0.966 bits per heavy atom. The van der Waals surface area contributed by atoms with Gasteiger partial charge in [0.2, 0.25) is 0 Å². The number of carboxylic acid groups (broad SMARTS) is 1. The Balaban J connectivity index is 0.000000370. The lowest BCUT2D eigenvalue weighted by atomic mass is 10.1. The van der Waals surface area contributed by atoms with Gasteiger partial charge in [0.05, 0.1) is 11.3 Å². The number of amides is 1. The SMILES string of the molecule is CN1CCN(c2ccc(C(N)=O)c(N3CCCCC3)c2)CC1.O=C(O)C(F)(F)F. The fourth-order valence-electron chi connectivity index (χ4n) is 3.39. The topological polar surface area (TPSA) is 90.1 Å². The highest BCUT2D eigenvalue weighted by molar-refractivity contribution is 5.99. The van der Waals surface area contributed by atoms with Gasteiger partial charge in [0.15, 0.2) is 0 Å². The highest BCUT2D eigenvalue weighted by atomic mass is 19.4. The number of piperazine rings is 1. The quantitative estimate of drug-likeness (QED) is 0.785. The molecule has 3 rings (SSSR count). The number of nitrogens with zero attached hydrogens (tertiary/aromatic N) is 3. The van der Waals surface area contributed by atoms with Crippen LogP contribution >= 0.6 is 0 Å². The fraction of sp³-hybridized carbons (Fsp3) is 0.579. The summed E-state index contributed by atoms with van der Waals surface area (Å²) in [5.74, 6) is -3.09. The van der Waals surface area contributed by atoms with Gasteiger partial charge in [-0.1, -0.05) is 0 Å². The van der Waals surface area contributed by atoms with Crippen molar-refractivity contribution in [3.8, 4) is 0 Å². The molecule has 2 saturated heterocycles. The number of carbonyl (C=O) groups is 2. The van der Waals surface area contributed by atoms with Crippen LogP contribution < -0.4 is 15.5 Å². The van der Waals surface area contributed by atoms with E-state index in [9.17, 15) is 18.0 Å². The standard InChI is InChI=1S/C17H26N4O.C2HF3O2/c1-19-9-11-20(12-10-19)14-5-6-15(17(18)22)16(13-14)21-7-3-2-4-8-21;3-2(4,5)1(6)7/h5-6,13H,2-4,7-12H2,1H3,(H2,18,22);(H,6,7). The largest absolute Gasteiger partial charge is 0.490 e. The molecular weight excluding hydrogens is 389 g/mol. The monoisotopic (exact) mass is 416 g/mol. The number of aliphatic carboxylic acids is 1. The van der Waals surface area contributed by atoms with Gasteiger partial charge >= 0.3 is 12.1 Å². The van der Waals surface area contributed by atoms with E-state index in [0.29, 0.717) is 5.56 Å². The summed E-state index contributed by atoms with van der Waals surface area (Å²) < 4.78 is 31.7. The molecule has 29 heavy (non-hydrogen) atoms. The van der Waals surface area contributed by atoms with Gasteiger partial charge in [0.1, 0.15) is 0 Å². The number of carbonyl (C=O) groups excluding carboxylic acids is 1. The van der Waals surface area contributed by atoms with E-state index in [1.54, 1.807) is 0 Å². The summed E-state index contributed by atoms with van der Waals surface area (Å²) in [4.78, 5) is 27.7. The van der Waals surface area contributed by atoms with E-state index >= 15 is 0 Å². The maximum absolute atomic E-state index is 11.8. The minimum absolute atomic E-state index is 0.328. The Kier molecular flexibility index (Phi) is 7.72. The number of hydrogen-bond donors (Lipinski definition) is 2. The van der Waals surface area contributed by atoms with E-state index in [0.717, 1.165) is 45.0 Å². The van der Waals surface area contributed by atoms with E-state index < -0.39 is 12.1 Å². The Morgan fingerprint density at radius 3 is 2.00 bits per heavy atom. The molecule has 0 spiro atoms. The number of halogens is 3. The van der Waals surface area contributed by atoms with Crippen LogP contribution in [0, 0.1) is 0 Å². The van der Waals surface area contributed by atoms with Crippen molar-refractivity contribution in [3.63, 3.8) is 0 Å². The number of anilines is 2. The number of alkyl halides is 3. The second-order valence-electron chi connectivity index (χ2n) is 7.21. The number of nitrogens with two attached hydrogens (primary N) is 1. The van der Waals surface area contributed by atoms with Gasteiger partial charge in [0.25, 0.3) is 5.91 Å². The molecular formula is C19H27F3N4O3. The molecule has 1 amide bonds. The molecule has 2 fully saturated rings. The highest BCUT2D eigenvalue weighted by Gasteiger charge is 2.38. The molecule has 0 aromatic heterocycles. The molecule has 2 aliphatic rings. The van der Waals surface area contributed by atoms with E-state index in [2.05, 4.69) is 27.8 Å². The van der Waals surface area contributed by atoms with Crippen LogP contribution in [-0.2, 0) is 4.79 Å². The lowest BCUT2D eigenvalue weighted by Gasteiger charge is -2.36. The lowest BCUT2D eigenvalue weighted by Crippen LogP contribution is -2.44. The van der Waals surface area contributed by atoms with Gasteiger partial charge in [0, 0.05) is 45.0 Å². The third-order valence-corrected chi connectivity index (χ3v) is 5.05. The molecule has 2 heterocycles. The second kappa shape index (κ2) is 9.82. The highest BCUT2D eigenvalue weighted by Crippen LogP contribution is 2.29. The van der Waals surface area contributed by atoms with Crippen LogP contribution in [0.1, 0.15) is 29.6 Å². The van der Waals surface area contributed by atoms with Crippen molar-refractivity contribution in [2.75, 3.05) is 56.1 Å². The third-order valence-electron chi connectivity index (χ3n) is 5.05. The van der Waals surface area contributed by atoms with Crippen molar-refractivity contribution in [1.29, 1.82) is 0 Å². The Bertz CT molecular complexity index is 713. The minimum Gasteiger partial charge on any atom is -0.475 e. The first-order valence-corrected chi connectivity index (χ1v) is 9.52. The molecule has 0 aliphatic carbocycles. The van der Waals surface area contributed by atoms with Gasteiger partial charge in [-0.2, -0.15) is 13.2 Å². The first-order valence-electron chi connectivity index (χ1n) is 9.52. The van der Waals surface area contributed by atoms with Gasteiger partial charge in [-0.05, 0) is 44.5 Å². The lowest BCUT2D eigenvalue weighted by molar-refractivity contribution is -0.192. The Hall–Kier alpha value is -2.49. The summed E-state index contributed by atoms with van der Waals surface area (Å²) in [5, 5.41) is 7.12. The summed E-state index contributed by atoms with van der Waals surface area (Å²) in [5.41, 5.74) is 8.46. The van der Waals surface area contributed by atoms with E-state index in [1.807, 2.05) is 12.1 Å². The number of carboxylic acids is 1. The summed E-state index contributed by atoms with van der Waals surface area (Å²) in [6, 6.07) is 6.11. The molecule has 7 nitrogen and oxygen atoms in total. The van der Waals surface area contributed by atoms with Crippen LogP contribution in [0.3, 0.4) is 0 Å². The van der Waals surface area contributed by atoms with Crippen LogP contribution in [0.2, 0.25) is 0 Å². The van der Waals surface area contributed by atoms with Gasteiger partial charge in [-0.3, -0.25) is 4.79 Å². The van der Waals surface area contributed by atoms with Gasteiger partial charge < -0.3 is 25.5 Å². The predicted molar refractivity (Wildman–Crippen MR) is 104 cm³/mol. The first-order chi connectivity index (χ1) is 13.6. The maximum Gasteiger partial charge on any atom is 0.490 e. The number of benzene rings is 1. The molecule has 3 N–H and O–H groups in total. The second-order valence-corrected chi connectivity index (χ2v) is 7.21. The molecule has 0 bridgehead atoms. The average Bonchev–Trinajstić information content (AvgIpc) is 2.68. The van der Waals surface area contributed by atoms with Crippen molar-refractivity contribution in [2.45, 2.75) is 25.4 Å². The Morgan fingerprint density at radius 2 is 1.52 bits per heavy atom. The van der Waals surface area contributed by atoms with Crippen molar-refractivity contribution >= 4 is 23.3 Å². The number of primary amides is 1. The van der Waals surface area contributed by atoms with Crippen molar-refractivity contribution < 1.29 is 27.9 Å². The number of likely N-dealkylation sites (N-methyl/N-ethyl adjacent to an activating group) is 1. The molecule has 0 atom stereocenters. The minimum atomic E-state index is -5.08. The molecule has 162 valence electrons. The molecule has 2 aliphatic heterocycles. The van der Waals surface area contributed by atoms with Crippen molar-refractivity contribution in [3.05, 3.63) is 23.8 Å². The zero-order valence-electron chi connectivity index (χ0n) is 16.4. The third kappa shape index (κ3) is 6.52. The molecule has 1 aromatic carbocycles. The summed E-state index contributed by atoms with van der Waals surface area (Å²) in [7, 11) is 2.16. The zero-order chi connectivity index (χ0) is 21.6. The number of hydrogen-bond acceptors (Lipinski definition) is 5. The molecule has 10 heteroatoms.